The summed E-state index contributed by atoms with van der Waals surface area (Å²) in [5.41, 5.74) is 2.39. The summed E-state index contributed by atoms with van der Waals surface area (Å²) in [5, 5.41) is 12.7. The summed E-state index contributed by atoms with van der Waals surface area (Å²) < 4.78 is 0. The molecule has 1 aliphatic heterocycles. The van der Waals surface area contributed by atoms with Crippen molar-refractivity contribution in [1.82, 2.24) is 5.32 Å². The summed E-state index contributed by atoms with van der Waals surface area (Å²) in [5.74, 6) is 0.0280. The van der Waals surface area contributed by atoms with Gasteiger partial charge in [0.2, 0.25) is 5.91 Å². The van der Waals surface area contributed by atoms with Gasteiger partial charge in [-0.25, -0.2) is 0 Å². The van der Waals surface area contributed by atoms with Crippen LogP contribution in [-0.4, -0.2) is 36.1 Å². The Hall–Kier alpha value is -1.88. The maximum atomic E-state index is 12.6. The second kappa shape index (κ2) is 6.55. The van der Waals surface area contributed by atoms with Crippen LogP contribution in [0.5, 0.6) is 0 Å². The van der Waals surface area contributed by atoms with Crippen LogP contribution in [-0.2, 0) is 11.2 Å². The lowest BCUT2D eigenvalue weighted by Crippen LogP contribution is -2.44. The smallest absolute Gasteiger partial charge is 0.251 e. The topological polar surface area (TPSA) is 69.6 Å². The first-order chi connectivity index (χ1) is 11.5. The molecule has 1 heterocycles. The molecule has 0 saturated heterocycles. The molecular weight excluding hydrogens is 304 g/mol. The third kappa shape index (κ3) is 2.93. The molecule has 0 aromatic heterocycles. The molecule has 1 saturated carbocycles. The molecule has 0 bridgehead atoms. The summed E-state index contributed by atoms with van der Waals surface area (Å²) in [6.45, 7) is 4.68. The molecule has 1 aliphatic carbocycles. The largest absolute Gasteiger partial charge is 0.396 e. The van der Waals surface area contributed by atoms with Gasteiger partial charge in [0.05, 0.1) is 6.61 Å². The highest BCUT2D eigenvalue weighted by molar-refractivity contribution is 5.98. The highest BCUT2D eigenvalue weighted by Gasteiger charge is 2.39. The van der Waals surface area contributed by atoms with Gasteiger partial charge in [-0.05, 0) is 43.0 Å². The van der Waals surface area contributed by atoms with Gasteiger partial charge in [0.15, 0.2) is 0 Å². The van der Waals surface area contributed by atoms with E-state index < -0.39 is 0 Å². The zero-order chi connectivity index (χ0) is 17.3. The van der Waals surface area contributed by atoms with E-state index in [1.165, 1.54) is 0 Å². The van der Waals surface area contributed by atoms with Crippen molar-refractivity contribution in [1.29, 1.82) is 0 Å². The van der Waals surface area contributed by atoms with Crippen LogP contribution in [0.4, 0.5) is 5.69 Å². The number of carbonyl (C=O) groups is 2. The number of aliphatic hydroxyl groups is 1. The summed E-state index contributed by atoms with van der Waals surface area (Å²) >= 11 is 0. The maximum absolute atomic E-state index is 12.6. The Bertz CT molecular complexity index is 658. The van der Waals surface area contributed by atoms with Gasteiger partial charge in [0, 0.05) is 35.7 Å². The number of amides is 2. The normalized spacial score (nSPS) is 25.6. The molecular formula is C19H26N2O3. The summed E-state index contributed by atoms with van der Waals surface area (Å²) in [6.07, 6.45) is 4.16. The Balaban J connectivity index is 1.75. The molecule has 1 aromatic rings. The Labute approximate surface area is 143 Å². The summed E-state index contributed by atoms with van der Waals surface area (Å²) in [7, 11) is 0. The van der Waals surface area contributed by atoms with Gasteiger partial charge >= 0.3 is 0 Å². The Kier molecular flexibility index (Phi) is 4.63. The first-order valence-electron chi connectivity index (χ1n) is 8.83. The molecule has 2 unspecified atom stereocenters. The number of carbonyl (C=O) groups excluding carboxylic acids is 2. The Morgan fingerprint density at radius 1 is 1.42 bits per heavy atom. The molecule has 1 aromatic carbocycles. The number of benzene rings is 1. The molecule has 5 nitrogen and oxygen atoms in total. The highest BCUT2D eigenvalue weighted by Crippen LogP contribution is 2.37. The van der Waals surface area contributed by atoms with Crippen molar-refractivity contribution in [3.8, 4) is 0 Å². The fourth-order valence-electron chi connectivity index (χ4n) is 3.90. The fraction of sp³-hybridized carbons (Fsp3) is 0.579. The maximum Gasteiger partial charge on any atom is 0.251 e. The number of rotatable bonds is 4. The lowest BCUT2D eigenvalue weighted by molar-refractivity contribution is -0.118. The third-order valence-corrected chi connectivity index (χ3v) is 5.59. The zero-order valence-electron chi connectivity index (χ0n) is 14.5. The van der Waals surface area contributed by atoms with Crippen molar-refractivity contribution in [3.63, 3.8) is 0 Å². The van der Waals surface area contributed by atoms with Crippen LogP contribution in [0, 0.1) is 5.41 Å². The van der Waals surface area contributed by atoms with Crippen LogP contribution in [0.2, 0.25) is 0 Å². The van der Waals surface area contributed by atoms with Crippen molar-refractivity contribution < 1.29 is 14.7 Å². The molecule has 1 fully saturated rings. The second-order valence-corrected chi connectivity index (χ2v) is 7.22. The highest BCUT2D eigenvalue weighted by atomic mass is 16.3. The van der Waals surface area contributed by atoms with Crippen molar-refractivity contribution in [2.75, 3.05) is 18.1 Å². The SMILES string of the molecule is CCC(=O)N1CCc2cc(C(=O)NC3CCCC3(C)CO)ccc21. The zero-order valence-corrected chi connectivity index (χ0v) is 14.5. The molecule has 2 aliphatic rings. The average Bonchev–Trinajstić information content (AvgIpc) is 3.18. The van der Waals surface area contributed by atoms with Crippen LogP contribution in [0.15, 0.2) is 18.2 Å². The molecule has 130 valence electrons. The van der Waals surface area contributed by atoms with E-state index in [0.717, 1.165) is 36.9 Å². The molecule has 2 atom stereocenters. The van der Waals surface area contributed by atoms with E-state index in [0.29, 0.717) is 18.5 Å². The number of hydrogen-bond donors (Lipinski definition) is 2. The molecule has 2 N–H and O–H groups in total. The fourth-order valence-corrected chi connectivity index (χ4v) is 3.90. The lowest BCUT2D eigenvalue weighted by Gasteiger charge is -2.30. The third-order valence-electron chi connectivity index (χ3n) is 5.59. The van der Waals surface area contributed by atoms with Crippen LogP contribution in [0.3, 0.4) is 0 Å². The molecule has 24 heavy (non-hydrogen) atoms. The van der Waals surface area contributed by atoms with E-state index >= 15 is 0 Å². The first kappa shape index (κ1) is 17.0. The summed E-state index contributed by atoms with van der Waals surface area (Å²) in [6, 6.07) is 5.59. The van der Waals surface area contributed by atoms with Gasteiger partial charge in [0.25, 0.3) is 5.91 Å². The molecule has 2 amide bonds. The number of fused-ring (bicyclic) bond motifs is 1. The van der Waals surface area contributed by atoms with Gasteiger partial charge in [0.1, 0.15) is 0 Å². The quantitative estimate of drug-likeness (QED) is 0.890. The van der Waals surface area contributed by atoms with E-state index in [-0.39, 0.29) is 29.9 Å². The van der Waals surface area contributed by atoms with E-state index in [1.54, 1.807) is 11.0 Å². The predicted molar refractivity (Wildman–Crippen MR) is 93.1 cm³/mol. The van der Waals surface area contributed by atoms with Crippen LogP contribution in [0.25, 0.3) is 0 Å². The lowest BCUT2D eigenvalue weighted by atomic mass is 9.85. The number of nitrogens with zero attached hydrogens (tertiary/aromatic N) is 1. The second-order valence-electron chi connectivity index (χ2n) is 7.22. The minimum Gasteiger partial charge on any atom is -0.396 e. The Morgan fingerprint density at radius 2 is 2.21 bits per heavy atom. The Morgan fingerprint density at radius 3 is 2.92 bits per heavy atom. The molecule has 0 radical (unpaired) electrons. The predicted octanol–water partition coefficient (Wildman–Crippen LogP) is 2.27. The van der Waals surface area contributed by atoms with Gasteiger partial charge in [-0.3, -0.25) is 9.59 Å². The molecule has 3 rings (SSSR count). The van der Waals surface area contributed by atoms with Crippen molar-refractivity contribution in [2.24, 2.45) is 5.41 Å². The molecule has 5 heteroatoms. The van der Waals surface area contributed by atoms with Gasteiger partial charge < -0.3 is 15.3 Å². The van der Waals surface area contributed by atoms with Crippen molar-refractivity contribution in [3.05, 3.63) is 29.3 Å². The average molecular weight is 330 g/mol. The van der Waals surface area contributed by atoms with E-state index in [9.17, 15) is 14.7 Å². The number of hydrogen-bond acceptors (Lipinski definition) is 3. The van der Waals surface area contributed by atoms with Gasteiger partial charge in [-0.2, -0.15) is 0 Å². The standard InChI is InChI=1S/C19H26N2O3/c1-3-17(23)21-10-8-13-11-14(6-7-15(13)21)18(24)20-16-5-4-9-19(16,2)12-22/h6-7,11,16,22H,3-5,8-10,12H2,1-2H3,(H,20,24). The van der Waals surface area contributed by atoms with E-state index in [1.807, 2.05) is 26.0 Å². The van der Waals surface area contributed by atoms with E-state index in [2.05, 4.69) is 5.32 Å². The van der Waals surface area contributed by atoms with Crippen LogP contribution < -0.4 is 10.2 Å². The van der Waals surface area contributed by atoms with Crippen molar-refractivity contribution in [2.45, 2.75) is 52.0 Å². The first-order valence-corrected chi connectivity index (χ1v) is 8.83. The minimum absolute atomic E-state index is 0.0152. The van der Waals surface area contributed by atoms with Crippen molar-refractivity contribution >= 4 is 17.5 Å². The van der Waals surface area contributed by atoms with Gasteiger partial charge in [-0.1, -0.05) is 20.3 Å². The number of anilines is 1. The van der Waals surface area contributed by atoms with Gasteiger partial charge in [-0.15, -0.1) is 0 Å². The van der Waals surface area contributed by atoms with E-state index in [4.69, 9.17) is 0 Å². The number of nitrogens with one attached hydrogen (secondary N) is 1. The monoisotopic (exact) mass is 330 g/mol. The van der Waals surface area contributed by atoms with Crippen LogP contribution in [0.1, 0.15) is 55.5 Å². The van der Waals surface area contributed by atoms with Crippen LogP contribution >= 0.6 is 0 Å². The number of aliphatic hydroxyl groups excluding tert-OH is 1. The summed E-state index contributed by atoms with van der Waals surface area (Å²) in [4.78, 5) is 26.4. The molecule has 0 spiro atoms. The minimum atomic E-state index is -0.225.